The van der Waals surface area contributed by atoms with Crippen LogP contribution < -0.4 is 5.73 Å². The fourth-order valence-corrected chi connectivity index (χ4v) is 1.46. The molecule has 0 fully saturated rings. The van der Waals surface area contributed by atoms with Crippen LogP contribution in [0.4, 0.5) is 10.1 Å². The summed E-state index contributed by atoms with van der Waals surface area (Å²) in [6.07, 6.45) is 0. The zero-order valence-electron chi connectivity index (χ0n) is 10.7. The smallest absolute Gasteiger partial charge is 0.326 e. The molecule has 1 rings (SSSR count). The lowest BCUT2D eigenvalue weighted by atomic mass is 10.0. The van der Waals surface area contributed by atoms with Crippen LogP contribution in [0.5, 0.6) is 0 Å². The fourth-order valence-electron chi connectivity index (χ4n) is 1.46. The van der Waals surface area contributed by atoms with Gasteiger partial charge in [0.05, 0.1) is 24.6 Å². The third-order valence-electron chi connectivity index (χ3n) is 2.24. The Morgan fingerprint density at radius 1 is 1.26 bits per heavy atom. The Balaban J connectivity index is 3.18. The molecule has 0 bridgehead atoms. The number of anilines is 1. The van der Waals surface area contributed by atoms with Crippen molar-refractivity contribution in [3.8, 4) is 0 Å². The molecule has 0 spiro atoms. The second-order valence-electron chi connectivity index (χ2n) is 3.55. The third kappa shape index (κ3) is 3.64. The number of aromatic nitrogens is 1. The lowest BCUT2D eigenvalue weighted by Gasteiger charge is -2.15. The number of esters is 2. The van der Waals surface area contributed by atoms with Crippen LogP contribution in [-0.4, -0.2) is 30.1 Å². The van der Waals surface area contributed by atoms with E-state index in [2.05, 4.69) is 4.98 Å². The molecule has 0 aliphatic heterocycles. The van der Waals surface area contributed by atoms with Gasteiger partial charge in [0.25, 0.3) is 0 Å². The summed E-state index contributed by atoms with van der Waals surface area (Å²) in [6.45, 7) is 3.32. The van der Waals surface area contributed by atoms with Crippen LogP contribution in [0.25, 0.3) is 0 Å². The predicted molar refractivity (Wildman–Crippen MR) is 64.6 cm³/mol. The highest BCUT2D eigenvalue weighted by atomic mass is 19.1. The van der Waals surface area contributed by atoms with Gasteiger partial charge in [-0.15, -0.1) is 0 Å². The summed E-state index contributed by atoms with van der Waals surface area (Å²) in [5, 5.41) is 0. The zero-order valence-corrected chi connectivity index (χ0v) is 10.7. The number of pyridine rings is 1. The average Bonchev–Trinajstić information content (AvgIpc) is 2.34. The van der Waals surface area contributed by atoms with Gasteiger partial charge < -0.3 is 15.2 Å². The topological polar surface area (TPSA) is 91.5 Å². The van der Waals surface area contributed by atoms with E-state index in [0.717, 1.165) is 6.07 Å². The molecule has 19 heavy (non-hydrogen) atoms. The maximum atomic E-state index is 13.1. The summed E-state index contributed by atoms with van der Waals surface area (Å²) in [4.78, 5) is 27.1. The zero-order chi connectivity index (χ0) is 14.4. The molecule has 0 aromatic carbocycles. The van der Waals surface area contributed by atoms with E-state index in [9.17, 15) is 14.0 Å². The summed E-state index contributed by atoms with van der Waals surface area (Å²) in [5.41, 5.74) is 5.44. The van der Waals surface area contributed by atoms with Crippen molar-refractivity contribution in [2.75, 3.05) is 18.9 Å². The van der Waals surface area contributed by atoms with Gasteiger partial charge in [0.2, 0.25) is 5.95 Å². The van der Waals surface area contributed by atoms with Crippen LogP contribution in [-0.2, 0) is 19.1 Å². The number of nitrogen functional groups attached to an aromatic ring is 1. The normalized spacial score (nSPS) is 10.3. The van der Waals surface area contributed by atoms with Gasteiger partial charge >= 0.3 is 11.9 Å². The molecule has 6 nitrogen and oxygen atoms in total. The minimum absolute atomic E-state index is 0.0208. The van der Waals surface area contributed by atoms with Crippen LogP contribution in [0.1, 0.15) is 25.5 Å². The van der Waals surface area contributed by atoms with Crippen molar-refractivity contribution in [1.29, 1.82) is 0 Å². The van der Waals surface area contributed by atoms with Crippen molar-refractivity contribution in [2.45, 2.75) is 19.8 Å². The maximum absolute atomic E-state index is 13.1. The summed E-state index contributed by atoms with van der Waals surface area (Å²) < 4.78 is 22.7. The number of hydrogen-bond acceptors (Lipinski definition) is 6. The molecule has 7 heteroatoms. The first-order valence-corrected chi connectivity index (χ1v) is 5.76. The number of rotatable bonds is 5. The van der Waals surface area contributed by atoms with Crippen LogP contribution >= 0.6 is 0 Å². The molecule has 0 saturated heterocycles. The lowest BCUT2D eigenvalue weighted by molar-refractivity contribution is -0.157. The Morgan fingerprint density at radius 3 is 2.26 bits per heavy atom. The van der Waals surface area contributed by atoms with Gasteiger partial charge in [-0.1, -0.05) is 0 Å². The second-order valence-corrected chi connectivity index (χ2v) is 3.55. The molecule has 0 amide bonds. The first-order chi connectivity index (χ1) is 9.01. The van der Waals surface area contributed by atoms with Gasteiger partial charge in [0.15, 0.2) is 5.92 Å². The van der Waals surface area contributed by atoms with Crippen LogP contribution in [0.3, 0.4) is 0 Å². The minimum atomic E-state index is -1.48. The number of halogens is 1. The van der Waals surface area contributed by atoms with Crippen molar-refractivity contribution in [3.63, 3.8) is 0 Å². The van der Waals surface area contributed by atoms with Crippen molar-refractivity contribution in [3.05, 3.63) is 23.8 Å². The van der Waals surface area contributed by atoms with Gasteiger partial charge in [-0.25, -0.2) is 4.98 Å². The Kier molecular flexibility index (Phi) is 5.23. The van der Waals surface area contributed by atoms with E-state index in [4.69, 9.17) is 15.2 Å². The second kappa shape index (κ2) is 6.67. The maximum Gasteiger partial charge on any atom is 0.326 e. The molecule has 0 atom stereocenters. The highest BCUT2D eigenvalue weighted by Gasteiger charge is 2.34. The molecule has 0 aliphatic rings. The van der Waals surface area contributed by atoms with E-state index in [1.807, 2.05) is 0 Å². The van der Waals surface area contributed by atoms with E-state index in [1.165, 1.54) is 6.07 Å². The Labute approximate surface area is 109 Å². The van der Waals surface area contributed by atoms with Crippen molar-refractivity contribution >= 4 is 17.6 Å². The van der Waals surface area contributed by atoms with Crippen molar-refractivity contribution < 1.29 is 23.5 Å². The average molecular weight is 270 g/mol. The number of carbonyl (C=O) groups excluding carboxylic acids is 2. The molecule has 0 radical (unpaired) electrons. The number of carbonyl (C=O) groups is 2. The third-order valence-corrected chi connectivity index (χ3v) is 2.24. The Hall–Kier alpha value is -2.18. The molecule has 1 aromatic heterocycles. The summed E-state index contributed by atoms with van der Waals surface area (Å²) in [6, 6.07) is 2.26. The van der Waals surface area contributed by atoms with Gasteiger partial charge in [-0.2, -0.15) is 4.39 Å². The van der Waals surface area contributed by atoms with Gasteiger partial charge in [-0.3, -0.25) is 9.59 Å². The molecule has 1 aromatic rings. The molecular formula is C12H15FN2O4. The van der Waals surface area contributed by atoms with E-state index >= 15 is 0 Å². The minimum Gasteiger partial charge on any atom is -0.465 e. The first-order valence-electron chi connectivity index (χ1n) is 5.76. The highest BCUT2D eigenvalue weighted by molar-refractivity contribution is 6.01. The molecule has 0 unspecified atom stereocenters. The van der Waals surface area contributed by atoms with E-state index in [1.54, 1.807) is 13.8 Å². The van der Waals surface area contributed by atoms with Crippen LogP contribution in [0, 0.1) is 5.95 Å². The molecule has 0 saturated carbocycles. The first kappa shape index (κ1) is 14.9. The predicted octanol–water partition coefficient (Wildman–Crippen LogP) is 1.01. The molecule has 104 valence electrons. The van der Waals surface area contributed by atoms with Crippen LogP contribution in [0.15, 0.2) is 12.1 Å². The number of nitrogens with two attached hydrogens (primary N) is 1. The van der Waals surface area contributed by atoms with Gasteiger partial charge in [0.1, 0.15) is 0 Å². The summed E-state index contributed by atoms with van der Waals surface area (Å²) in [5.74, 6) is -4.06. The van der Waals surface area contributed by atoms with E-state index < -0.39 is 23.8 Å². The Morgan fingerprint density at radius 2 is 1.79 bits per heavy atom. The molecule has 2 N–H and O–H groups in total. The van der Waals surface area contributed by atoms with Gasteiger partial charge in [-0.05, 0) is 26.0 Å². The fraction of sp³-hybridized carbons (Fsp3) is 0.417. The Bertz CT molecular complexity index is 461. The number of nitrogens with zero attached hydrogens (tertiary/aromatic N) is 1. The highest BCUT2D eigenvalue weighted by Crippen LogP contribution is 2.23. The molecular weight excluding hydrogens is 255 g/mol. The van der Waals surface area contributed by atoms with Gasteiger partial charge in [0, 0.05) is 0 Å². The quantitative estimate of drug-likeness (QED) is 0.488. The monoisotopic (exact) mass is 270 g/mol. The van der Waals surface area contributed by atoms with Crippen LogP contribution in [0.2, 0.25) is 0 Å². The molecule has 1 heterocycles. The molecule has 0 aliphatic carbocycles. The number of ether oxygens (including phenoxy) is 2. The van der Waals surface area contributed by atoms with Crippen molar-refractivity contribution in [1.82, 2.24) is 4.98 Å². The van der Waals surface area contributed by atoms with Crippen molar-refractivity contribution in [2.24, 2.45) is 0 Å². The number of hydrogen-bond donors (Lipinski definition) is 1. The SMILES string of the molecule is CCOC(=O)C(C(=O)OCC)c1nc(F)ccc1N. The van der Waals surface area contributed by atoms with E-state index in [0.29, 0.717) is 0 Å². The standard InChI is InChI=1S/C12H15FN2O4/c1-3-18-11(16)9(12(17)19-4-2)10-7(14)5-6-8(13)15-10/h5-6,9H,3-4,14H2,1-2H3. The lowest BCUT2D eigenvalue weighted by Crippen LogP contribution is -2.28. The summed E-state index contributed by atoms with van der Waals surface area (Å²) >= 11 is 0. The summed E-state index contributed by atoms with van der Waals surface area (Å²) in [7, 11) is 0. The van der Waals surface area contributed by atoms with E-state index in [-0.39, 0.29) is 24.6 Å². The largest absolute Gasteiger partial charge is 0.465 e.